The Morgan fingerprint density at radius 3 is 2.45 bits per heavy atom. The quantitative estimate of drug-likeness (QED) is 0.840. The van der Waals surface area contributed by atoms with E-state index < -0.39 is 6.10 Å². The summed E-state index contributed by atoms with van der Waals surface area (Å²) in [5.41, 5.74) is 2.37. The van der Waals surface area contributed by atoms with Gasteiger partial charge in [0.15, 0.2) is 0 Å². The van der Waals surface area contributed by atoms with Gasteiger partial charge in [0.2, 0.25) is 0 Å². The summed E-state index contributed by atoms with van der Waals surface area (Å²) in [5.74, 6) is 1.34. The molecule has 3 nitrogen and oxygen atoms in total. The largest absolute Gasteiger partial charge is 0.491 e. The van der Waals surface area contributed by atoms with Gasteiger partial charge in [0.05, 0.1) is 0 Å². The van der Waals surface area contributed by atoms with E-state index in [4.69, 9.17) is 4.74 Å². The maximum absolute atomic E-state index is 9.96. The molecule has 0 aliphatic rings. The van der Waals surface area contributed by atoms with Crippen LogP contribution in [-0.2, 0) is 0 Å². The minimum atomic E-state index is -0.503. The van der Waals surface area contributed by atoms with Crippen molar-refractivity contribution in [2.24, 2.45) is 0 Å². The molecule has 1 atom stereocenters. The fourth-order valence-electron chi connectivity index (χ4n) is 1.80. The molecule has 0 spiro atoms. The Morgan fingerprint density at radius 2 is 1.90 bits per heavy atom. The van der Waals surface area contributed by atoms with Crippen LogP contribution in [0.25, 0.3) is 0 Å². The molecule has 0 saturated carbocycles. The van der Waals surface area contributed by atoms with Gasteiger partial charge in [0.1, 0.15) is 18.5 Å². The molecule has 0 aromatic heterocycles. The standard InChI is InChI=1S/C17H29NO2/c1-12(2)14-8-7-13(3)16(9-14)20-11-15(19)10-18-17(4,5)6/h7-9,12,15,18-19H,10-11H2,1-6H3. The number of β-amino-alcohol motifs (C(OH)–C–C–N with tert-alkyl or cyclic N) is 1. The summed E-state index contributed by atoms with van der Waals surface area (Å²) >= 11 is 0. The van der Waals surface area contributed by atoms with Gasteiger partial charge in [0, 0.05) is 12.1 Å². The number of aliphatic hydroxyl groups excluding tert-OH is 1. The maximum Gasteiger partial charge on any atom is 0.122 e. The van der Waals surface area contributed by atoms with E-state index >= 15 is 0 Å². The predicted octanol–water partition coefficient (Wildman–Crippen LogP) is 3.25. The van der Waals surface area contributed by atoms with E-state index in [2.05, 4.69) is 58.1 Å². The minimum absolute atomic E-state index is 0.00839. The number of ether oxygens (including phenoxy) is 1. The van der Waals surface area contributed by atoms with Crippen LogP contribution in [0.5, 0.6) is 5.75 Å². The molecule has 0 radical (unpaired) electrons. The molecule has 0 bridgehead atoms. The van der Waals surface area contributed by atoms with Gasteiger partial charge in [0.25, 0.3) is 0 Å². The van der Waals surface area contributed by atoms with Crippen LogP contribution in [-0.4, -0.2) is 29.9 Å². The maximum atomic E-state index is 9.96. The van der Waals surface area contributed by atoms with Crippen LogP contribution in [0.4, 0.5) is 0 Å². The first kappa shape index (κ1) is 17.0. The lowest BCUT2D eigenvalue weighted by molar-refractivity contribution is 0.0997. The zero-order chi connectivity index (χ0) is 15.3. The van der Waals surface area contributed by atoms with Crippen LogP contribution in [0.3, 0.4) is 0 Å². The first-order valence-electron chi connectivity index (χ1n) is 7.35. The van der Waals surface area contributed by atoms with Gasteiger partial charge in [-0.3, -0.25) is 0 Å². The average Bonchev–Trinajstić information content (AvgIpc) is 2.34. The molecule has 1 unspecified atom stereocenters. The Labute approximate surface area is 123 Å². The lowest BCUT2D eigenvalue weighted by Crippen LogP contribution is -2.42. The molecule has 20 heavy (non-hydrogen) atoms. The third-order valence-corrected chi connectivity index (χ3v) is 3.18. The minimum Gasteiger partial charge on any atom is -0.491 e. The van der Waals surface area contributed by atoms with E-state index in [1.54, 1.807) is 0 Å². The molecule has 0 aliphatic heterocycles. The van der Waals surface area contributed by atoms with Crippen molar-refractivity contribution in [3.63, 3.8) is 0 Å². The highest BCUT2D eigenvalue weighted by Gasteiger charge is 2.13. The highest BCUT2D eigenvalue weighted by molar-refractivity contribution is 5.37. The summed E-state index contributed by atoms with van der Waals surface area (Å²) < 4.78 is 5.76. The molecular weight excluding hydrogens is 250 g/mol. The molecule has 1 aromatic carbocycles. The second-order valence-corrected chi connectivity index (χ2v) is 6.78. The summed E-state index contributed by atoms with van der Waals surface area (Å²) in [6.45, 7) is 13.4. The van der Waals surface area contributed by atoms with Crippen molar-refractivity contribution < 1.29 is 9.84 Å². The van der Waals surface area contributed by atoms with Crippen LogP contribution in [0, 0.1) is 6.92 Å². The molecule has 0 heterocycles. The van der Waals surface area contributed by atoms with E-state index in [0.717, 1.165) is 11.3 Å². The third kappa shape index (κ3) is 5.93. The van der Waals surface area contributed by atoms with Gasteiger partial charge in [-0.05, 0) is 50.8 Å². The van der Waals surface area contributed by atoms with E-state index in [1.807, 2.05) is 6.92 Å². The molecule has 3 heteroatoms. The highest BCUT2D eigenvalue weighted by Crippen LogP contribution is 2.24. The first-order chi connectivity index (χ1) is 9.19. The topological polar surface area (TPSA) is 41.5 Å². The Hall–Kier alpha value is -1.06. The van der Waals surface area contributed by atoms with Gasteiger partial charge in [-0.1, -0.05) is 26.0 Å². The first-order valence-corrected chi connectivity index (χ1v) is 7.35. The molecule has 2 N–H and O–H groups in total. The van der Waals surface area contributed by atoms with Crippen molar-refractivity contribution >= 4 is 0 Å². The van der Waals surface area contributed by atoms with Gasteiger partial charge < -0.3 is 15.2 Å². The summed E-state index contributed by atoms with van der Waals surface area (Å²) in [4.78, 5) is 0. The molecule has 114 valence electrons. The van der Waals surface area contributed by atoms with Crippen LogP contribution in [0.15, 0.2) is 18.2 Å². The van der Waals surface area contributed by atoms with Crippen LogP contribution in [0.2, 0.25) is 0 Å². The number of hydrogen-bond donors (Lipinski definition) is 2. The zero-order valence-electron chi connectivity index (χ0n) is 13.7. The summed E-state index contributed by atoms with van der Waals surface area (Å²) in [6, 6.07) is 6.28. The lowest BCUT2D eigenvalue weighted by atomic mass is 10.0. The van der Waals surface area contributed by atoms with E-state index in [9.17, 15) is 5.11 Å². The Morgan fingerprint density at radius 1 is 1.25 bits per heavy atom. The van der Waals surface area contributed by atoms with E-state index in [1.165, 1.54) is 5.56 Å². The zero-order valence-corrected chi connectivity index (χ0v) is 13.7. The van der Waals surface area contributed by atoms with Crippen molar-refractivity contribution in [2.45, 2.75) is 59.1 Å². The molecule has 0 amide bonds. The molecule has 1 aromatic rings. The number of rotatable bonds is 6. The molecular formula is C17H29NO2. The number of nitrogens with one attached hydrogen (secondary N) is 1. The van der Waals surface area contributed by atoms with Gasteiger partial charge in [-0.2, -0.15) is 0 Å². The Balaban J connectivity index is 2.54. The molecule has 0 fully saturated rings. The summed E-state index contributed by atoms with van der Waals surface area (Å²) in [5, 5.41) is 13.2. The lowest BCUT2D eigenvalue weighted by Gasteiger charge is -2.23. The smallest absolute Gasteiger partial charge is 0.122 e. The van der Waals surface area contributed by atoms with Crippen molar-refractivity contribution in [1.82, 2.24) is 5.32 Å². The fourth-order valence-corrected chi connectivity index (χ4v) is 1.80. The number of hydrogen-bond acceptors (Lipinski definition) is 3. The van der Waals surface area contributed by atoms with Crippen LogP contribution >= 0.6 is 0 Å². The fraction of sp³-hybridized carbons (Fsp3) is 0.647. The monoisotopic (exact) mass is 279 g/mol. The molecule has 0 aliphatic carbocycles. The van der Waals surface area contributed by atoms with Gasteiger partial charge in [-0.25, -0.2) is 0 Å². The van der Waals surface area contributed by atoms with E-state index in [0.29, 0.717) is 19.1 Å². The van der Waals surface area contributed by atoms with Gasteiger partial charge in [-0.15, -0.1) is 0 Å². The second-order valence-electron chi connectivity index (χ2n) is 6.78. The molecule has 0 saturated heterocycles. The molecule has 1 rings (SSSR count). The van der Waals surface area contributed by atoms with E-state index in [-0.39, 0.29) is 5.54 Å². The highest BCUT2D eigenvalue weighted by atomic mass is 16.5. The Kier molecular flexibility index (Phi) is 6.03. The summed E-state index contributed by atoms with van der Waals surface area (Å²) in [6.07, 6.45) is -0.503. The predicted molar refractivity (Wildman–Crippen MR) is 84.5 cm³/mol. The van der Waals surface area contributed by atoms with Gasteiger partial charge >= 0.3 is 0 Å². The van der Waals surface area contributed by atoms with Crippen LogP contribution < -0.4 is 10.1 Å². The van der Waals surface area contributed by atoms with Crippen molar-refractivity contribution in [3.8, 4) is 5.75 Å². The second kappa shape index (κ2) is 7.09. The SMILES string of the molecule is Cc1ccc(C(C)C)cc1OCC(O)CNC(C)(C)C. The number of benzene rings is 1. The number of aryl methyl sites for hydroxylation is 1. The van der Waals surface area contributed by atoms with Crippen molar-refractivity contribution in [1.29, 1.82) is 0 Å². The average molecular weight is 279 g/mol. The Bertz CT molecular complexity index is 421. The number of aliphatic hydroxyl groups is 1. The van der Waals surface area contributed by atoms with Crippen molar-refractivity contribution in [3.05, 3.63) is 29.3 Å². The van der Waals surface area contributed by atoms with Crippen molar-refractivity contribution in [2.75, 3.05) is 13.2 Å². The third-order valence-electron chi connectivity index (χ3n) is 3.18. The summed E-state index contributed by atoms with van der Waals surface area (Å²) in [7, 11) is 0. The van der Waals surface area contributed by atoms with Crippen LogP contribution in [0.1, 0.15) is 51.7 Å². The normalized spacial score (nSPS) is 13.6.